The third-order valence-corrected chi connectivity index (χ3v) is 3.58. The van der Waals surface area contributed by atoms with Crippen LogP contribution in [0.5, 0.6) is 5.75 Å². The van der Waals surface area contributed by atoms with E-state index in [9.17, 15) is 4.79 Å². The van der Waals surface area contributed by atoms with Crippen LogP contribution in [0.1, 0.15) is 12.8 Å². The second kappa shape index (κ2) is 6.78. The third-order valence-electron chi connectivity index (χ3n) is 3.32. The standard InChI is InChI=1S/C14H18ClNO3/c15-12-1-3-13(4-2-12)19-8-7-16-6-5-11(10-16)9-14(17)18/h1-4,11H,5-10H2,(H,17,18). The first-order valence-corrected chi connectivity index (χ1v) is 6.84. The van der Waals surface area contributed by atoms with Crippen LogP contribution in [0.2, 0.25) is 5.02 Å². The van der Waals surface area contributed by atoms with Gasteiger partial charge in [-0.15, -0.1) is 0 Å². The minimum atomic E-state index is -0.704. The van der Waals surface area contributed by atoms with Crippen molar-refractivity contribution in [2.45, 2.75) is 12.8 Å². The average molecular weight is 284 g/mol. The number of carboxylic acids is 1. The van der Waals surface area contributed by atoms with E-state index in [4.69, 9.17) is 21.4 Å². The van der Waals surface area contributed by atoms with Gasteiger partial charge in [0.25, 0.3) is 0 Å². The first kappa shape index (κ1) is 14.2. The topological polar surface area (TPSA) is 49.8 Å². The van der Waals surface area contributed by atoms with Crippen molar-refractivity contribution in [2.24, 2.45) is 5.92 Å². The molecule has 104 valence electrons. The van der Waals surface area contributed by atoms with E-state index < -0.39 is 5.97 Å². The van der Waals surface area contributed by atoms with E-state index in [-0.39, 0.29) is 12.3 Å². The molecular weight excluding hydrogens is 266 g/mol. The van der Waals surface area contributed by atoms with E-state index in [0.29, 0.717) is 11.6 Å². The number of hydrogen-bond donors (Lipinski definition) is 1. The van der Waals surface area contributed by atoms with Crippen molar-refractivity contribution in [2.75, 3.05) is 26.2 Å². The molecule has 0 aliphatic carbocycles. The second-order valence-corrected chi connectivity index (χ2v) is 5.29. The maximum Gasteiger partial charge on any atom is 0.303 e. The van der Waals surface area contributed by atoms with Gasteiger partial charge in [0.1, 0.15) is 12.4 Å². The van der Waals surface area contributed by atoms with Crippen molar-refractivity contribution in [1.29, 1.82) is 0 Å². The Balaban J connectivity index is 1.66. The second-order valence-electron chi connectivity index (χ2n) is 4.86. The van der Waals surface area contributed by atoms with Crippen LogP contribution in [0.15, 0.2) is 24.3 Å². The summed E-state index contributed by atoms with van der Waals surface area (Å²) in [6.07, 6.45) is 1.24. The van der Waals surface area contributed by atoms with Crippen molar-refractivity contribution < 1.29 is 14.6 Å². The van der Waals surface area contributed by atoms with Crippen LogP contribution in [0, 0.1) is 5.92 Å². The highest BCUT2D eigenvalue weighted by molar-refractivity contribution is 6.30. The molecule has 4 nitrogen and oxygen atoms in total. The fourth-order valence-corrected chi connectivity index (χ4v) is 2.48. The minimum Gasteiger partial charge on any atom is -0.492 e. The predicted octanol–water partition coefficient (Wildman–Crippen LogP) is 2.52. The Kier molecular flexibility index (Phi) is 5.05. The van der Waals surface area contributed by atoms with E-state index in [1.807, 2.05) is 12.1 Å². The van der Waals surface area contributed by atoms with Gasteiger partial charge in [0.05, 0.1) is 0 Å². The van der Waals surface area contributed by atoms with Gasteiger partial charge in [-0.3, -0.25) is 9.69 Å². The largest absolute Gasteiger partial charge is 0.492 e. The number of nitrogens with zero attached hydrogens (tertiary/aromatic N) is 1. The molecule has 1 saturated heterocycles. The van der Waals surface area contributed by atoms with Gasteiger partial charge in [-0.25, -0.2) is 0 Å². The van der Waals surface area contributed by atoms with Gasteiger partial charge < -0.3 is 9.84 Å². The van der Waals surface area contributed by atoms with Crippen molar-refractivity contribution in [1.82, 2.24) is 4.90 Å². The Morgan fingerprint density at radius 3 is 2.84 bits per heavy atom. The van der Waals surface area contributed by atoms with E-state index >= 15 is 0 Å². The summed E-state index contributed by atoms with van der Waals surface area (Å²) in [6.45, 7) is 3.26. The Morgan fingerprint density at radius 1 is 1.42 bits per heavy atom. The van der Waals surface area contributed by atoms with Crippen molar-refractivity contribution in [3.63, 3.8) is 0 Å². The van der Waals surface area contributed by atoms with Crippen LogP contribution in [0.3, 0.4) is 0 Å². The summed E-state index contributed by atoms with van der Waals surface area (Å²) in [5.41, 5.74) is 0. The molecule has 0 amide bonds. The molecule has 1 aromatic rings. The number of benzene rings is 1. The normalized spacial score (nSPS) is 19.5. The molecule has 1 N–H and O–H groups in total. The number of carboxylic acid groups (broad SMARTS) is 1. The Morgan fingerprint density at radius 2 is 2.16 bits per heavy atom. The zero-order chi connectivity index (χ0) is 13.7. The number of likely N-dealkylation sites (tertiary alicyclic amines) is 1. The third kappa shape index (κ3) is 4.73. The molecule has 1 fully saturated rings. The highest BCUT2D eigenvalue weighted by Crippen LogP contribution is 2.19. The molecule has 0 saturated carbocycles. The first-order chi connectivity index (χ1) is 9.13. The molecule has 1 atom stereocenters. The first-order valence-electron chi connectivity index (χ1n) is 6.46. The van der Waals surface area contributed by atoms with E-state index in [0.717, 1.165) is 31.8 Å². The summed E-state index contributed by atoms with van der Waals surface area (Å²) in [4.78, 5) is 12.9. The maximum atomic E-state index is 10.6. The molecule has 0 aromatic heterocycles. The Bertz CT molecular complexity index is 421. The van der Waals surface area contributed by atoms with Gasteiger partial charge in [0.2, 0.25) is 0 Å². The molecular formula is C14H18ClNO3. The van der Waals surface area contributed by atoms with Crippen LogP contribution >= 0.6 is 11.6 Å². The summed E-state index contributed by atoms with van der Waals surface area (Å²) in [6, 6.07) is 7.30. The zero-order valence-corrected chi connectivity index (χ0v) is 11.5. The molecule has 1 unspecified atom stereocenters. The van der Waals surface area contributed by atoms with Crippen LogP contribution < -0.4 is 4.74 Å². The van der Waals surface area contributed by atoms with Gasteiger partial charge in [-0.2, -0.15) is 0 Å². The summed E-state index contributed by atoms with van der Waals surface area (Å²) in [5.74, 6) is 0.392. The van der Waals surface area contributed by atoms with Crippen molar-refractivity contribution in [3.8, 4) is 5.75 Å². The lowest BCUT2D eigenvalue weighted by Gasteiger charge is -2.16. The Hall–Kier alpha value is -1.26. The molecule has 0 spiro atoms. The fourth-order valence-electron chi connectivity index (χ4n) is 2.35. The lowest BCUT2D eigenvalue weighted by Crippen LogP contribution is -2.26. The summed E-state index contributed by atoms with van der Waals surface area (Å²) >= 11 is 5.80. The van der Waals surface area contributed by atoms with Crippen LogP contribution in [-0.2, 0) is 4.79 Å². The Labute approximate surface area is 117 Å². The highest BCUT2D eigenvalue weighted by atomic mass is 35.5. The molecule has 5 heteroatoms. The SMILES string of the molecule is O=C(O)CC1CCN(CCOc2ccc(Cl)cc2)C1. The molecule has 0 bridgehead atoms. The molecule has 0 radical (unpaired) electrons. The number of halogens is 1. The summed E-state index contributed by atoms with van der Waals surface area (Å²) < 4.78 is 5.62. The summed E-state index contributed by atoms with van der Waals surface area (Å²) in [7, 11) is 0. The molecule has 19 heavy (non-hydrogen) atoms. The van der Waals surface area contributed by atoms with E-state index in [1.165, 1.54) is 0 Å². The number of carbonyl (C=O) groups is 1. The van der Waals surface area contributed by atoms with Crippen molar-refractivity contribution >= 4 is 17.6 Å². The number of aliphatic carboxylic acids is 1. The maximum absolute atomic E-state index is 10.6. The highest BCUT2D eigenvalue weighted by Gasteiger charge is 2.23. The molecule has 2 rings (SSSR count). The lowest BCUT2D eigenvalue weighted by atomic mass is 10.1. The monoisotopic (exact) mass is 283 g/mol. The van der Waals surface area contributed by atoms with Crippen LogP contribution in [0.4, 0.5) is 0 Å². The van der Waals surface area contributed by atoms with E-state index in [2.05, 4.69) is 4.90 Å². The molecule has 1 aromatic carbocycles. The zero-order valence-electron chi connectivity index (χ0n) is 10.7. The van der Waals surface area contributed by atoms with Gasteiger partial charge in [0, 0.05) is 24.5 Å². The van der Waals surface area contributed by atoms with Gasteiger partial charge in [0.15, 0.2) is 0 Å². The van der Waals surface area contributed by atoms with Crippen molar-refractivity contribution in [3.05, 3.63) is 29.3 Å². The quantitative estimate of drug-likeness (QED) is 0.871. The molecule has 1 heterocycles. The average Bonchev–Trinajstić information content (AvgIpc) is 2.78. The summed E-state index contributed by atoms with van der Waals surface area (Å²) in [5, 5.41) is 9.45. The lowest BCUT2D eigenvalue weighted by molar-refractivity contribution is -0.138. The number of hydrogen-bond acceptors (Lipinski definition) is 3. The minimum absolute atomic E-state index is 0.272. The van der Waals surface area contributed by atoms with Gasteiger partial charge >= 0.3 is 5.97 Å². The van der Waals surface area contributed by atoms with Gasteiger partial charge in [-0.05, 0) is 43.1 Å². The number of rotatable bonds is 6. The fraction of sp³-hybridized carbons (Fsp3) is 0.500. The predicted molar refractivity (Wildman–Crippen MR) is 73.7 cm³/mol. The van der Waals surface area contributed by atoms with E-state index in [1.54, 1.807) is 12.1 Å². The van der Waals surface area contributed by atoms with Crippen LogP contribution in [-0.4, -0.2) is 42.2 Å². The van der Waals surface area contributed by atoms with Crippen LogP contribution in [0.25, 0.3) is 0 Å². The molecule has 1 aliphatic heterocycles. The smallest absolute Gasteiger partial charge is 0.303 e. The number of ether oxygens (including phenoxy) is 1. The molecule has 1 aliphatic rings. The van der Waals surface area contributed by atoms with Gasteiger partial charge in [-0.1, -0.05) is 11.6 Å².